The second-order valence-electron chi connectivity index (χ2n) is 7.91. The van der Waals surface area contributed by atoms with E-state index >= 15 is 0 Å². The van der Waals surface area contributed by atoms with E-state index in [9.17, 15) is 13.2 Å². The molecule has 1 N–H and O–H groups in total. The topological polar surface area (TPSA) is 97.3 Å². The fourth-order valence-electron chi connectivity index (χ4n) is 3.30. The summed E-state index contributed by atoms with van der Waals surface area (Å²) >= 11 is 6.03. The molecule has 0 aliphatic rings. The molecule has 0 aliphatic heterocycles. The summed E-state index contributed by atoms with van der Waals surface area (Å²) in [6.07, 6.45) is 2.47. The maximum atomic E-state index is 12.5. The lowest BCUT2D eigenvalue weighted by Crippen LogP contribution is -2.39. The van der Waals surface area contributed by atoms with Crippen LogP contribution in [-0.2, 0) is 21.4 Å². The van der Waals surface area contributed by atoms with Gasteiger partial charge in [-0.2, -0.15) is 5.10 Å². The molecule has 0 saturated carbocycles. The van der Waals surface area contributed by atoms with Crippen LogP contribution in [0, 0.1) is 6.92 Å². The average molecular weight is 530 g/mol. The molecular formula is C26H28ClN3O5S. The van der Waals surface area contributed by atoms with E-state index in [1.54, 1.807) is 37.3 Å². The number of ether oxygens (including phenoxy) is 2. The van der Waals surface area contributed by atoms with Gasteiger partial charge in [-0.15, -0.1) is 0 Å². The third-order valence-corrected chi connectivity index (χ3v) is 6.40. The second-order valence-corrected chi connectivity index (χ2v) is 10.3. The van der Waals surface area contributed by atoms with Crippen LogP contribution in [0.5, 0.6) is 11.5 Å². The van der Waals surface area contributed by atoms with Crippen molar-refractivity contribution in [1.82, 2.24) is 5.43 Å². The number of hydrazone groups is 1. The van der Waals surface area contributed by atoms with Crippen molar-refractivity contribution in [3.05, 3.63) is 88.4 Å². The first-order valence-electron chi connectivity index (χ1n) is 11.2. The van der Waals surface area contributed by atoms with E-state index in [2.05, 4.69) is 10.5 Å². The fraction of sp³-hybridized carbons (Fsp3) is 0.231. The van der Waals surface area contributed by atoms with Crippen LogP contribution < -0.4 is 19.2 Å². The lowest BCUT2D eigenvalue weighted by atomic mass is 10.2. The molecule has 0 aliphatic carbocycles. The summed E-state index contributed by atoms with van der Waals surface area (Å²) in [5.41, 5.74) is 5.06. The molecule has 190 valence electrons. The molecular weight excluding hydrogens is 502 g/mol. The number of hydrogen-bond acceptors (Lipinski definition) is 6. The van der Waals surface area contributed by atoms with E-state index < -0.39 is 22.5 Å². The highest BCUT2D eigenvalue weighted by Gasteiger charge is 2.22. The van der Waals surface area contributed by atoms with Crippen LogP contribution in [0.3, 0.4) is 0 Å². The molecule has 0 unspecified atom stereocenters. The van der Waals surface area contributed by atoms with Crippen LogP contribution in [0.15, 0.2) is 71.8 Å². The largest absolute Gasteiger partial charge is 0.490 e. The number of nitrogens with one attached hydrogen (secondary N) is 1. The number of rotatable bonds is 11. The van der Waals surface area contributed by atoms with Gasteiger partial charge in [0.1, 0.15) is 13.2 Å². The standard InChI is InChI=1S/C26H28ClN3O5S/c1-4-34-25-14-21(11-13-24(25)35-18-20-8-6-5-7-9-20)16-28-29-26(31)17-30(36(3,32)33)23-15-22(27)12-10-19(23)2/h5-16H,4,17-18H2,1-3H3,(H,29,31)/b28-16-. The molecule has 36 heavy (non-hydrogen) atoms. The van der Waals surface area contributed by atoms with Crippen LogP contribution >= 0.6 is 11.6 Å². The van der Waals surface area contributed by atoms with Crippen molar-refractivity contribution < 1.29 is 22.7 Å². The summed E-state index contributed by atoms with van der Waals surface area (Å²) in [5, 5.41) is 4.33. The van der Waals surface area contributed by atoms with Gasteiger partial charge in [0, 0.05) is 5.02 Å². The summed E-state index contributed by atoms with van der Waals surface area (Å²) in [7, 11) is -3.74. The molecule has 0 saturated heterocycles. The molecule has 10 heteroatoms. The minimum absolute atomic E-state index is 0.330. The molecule has 0 radical (unpaired) electrons. The van der Waals surface area contributed by atoms with Crippen molar-refractivity contribution in [3.63, 3.8) is 0 Å². The van der Waals surface area contributed by atoms with Crippen molar-refractivity contribution in [1.29, 1.82) is 0 Å². The van der Waals surface area contributed by atoms with Gasteiger partial charge >= 0.3 is 0 Å². The third-order valence-electron chi connectivity index (χ3n) is 5.04. The number of anilines is 1. The van der Waals surface area contributed by atoms with Crippen molar-refractivity contribution in [3.8, 4) is 11.5 Å². The van der Waals surface area contributed by atoms with Crippen LogP contribution in [0.2, 0.25) is 5.02 Å². The number of halogens is 1. The van der Waals surface area contributed by atoms with Gasteiger partial charge in [-0.05, 0) is 60.9 Å². The van der Waals surface area contributed by atoms with Gasteiger partial charge in [0.2, 0.25) is 10.0 Å². The van der Waals surface area contributed by atoms with E-state index in [0.29, 0.717) is 46.5 Å². The summed E-state index contributed by atoms with van der Waals surface area (Å²) in [6.45, 7) is 4.00. The van der Waals surface area contributed by atoms with Crippen molar-refractivity contribution >= 4 is 39.4 Å². The Morgan fingerprint density at radius 1 is 1.06 bits per heavy atom. The number of sulfonamides is 1. The minimum Gasteiger partial charge on any atom is -0.490 e. The number of aryl methyl sites for hydroxylation is 1. The van der Waals surface area contributed by atoms with E-state index in [-0.39, 0.29) is 0 Å². The maximum absolute atomic E-state index is 12.5. The Labute approximate surface area is 216 Å². The fourth-order valence-corrected chi connectivity index (χ4v) is 4.38. The molecule has 0 heterocycles. The number of hydrogen-bond donors (Lipinski definition) is 1. The normalized spacial score (nSPS) is 11.3. The van der Waals surface area contributed by atoms with Crippen LogP contribution in [0.4, 0.5) is 5.69 Å². The zero-order chi connectivity index (χ0) is 26.1. The number of amides is 1. The SMILES string of the molecule is CCOc1cc(/C=N\NC(=O)CN(c2cc(Cl)ccc2C)S(C)(=O)=O)ccc1OCc1ccccc1. The highest BCUT2D eigenvalue weighted by molar-refractivity contribution is 7.92. The summed E-state index contributed by atoms with van der Waals surface area (Å²) in [6, 6.07) is 19.9. The first kappa shape index (κ1) is 27.0. The molecule has 0 atom stereocenters. The molecule has 0 fully saturated rings. The second kappa shape index (κ2) is 12.4. The van der Waals surface area contributed by atoms with Gasteiger partial charge in [-0.25, -0.2) is 13.8 Å². The van der Waals surface area contributed by atoms with Crippen molar-refractivity contribution in [2.75, 3.05) is 23.7 Å². The number of carbonyl (C=O) groups excluding carboxylic acids is 1. The molecule has 0 spiro atoms. The highest BCUT2D eigenvalue weighted by atomic mass is 35.5. The maximum Gasteiger partial charge on any atom is 0.260 e. The zero-order valence-electron chi connectivity index (χ0n) is 20.3. The van der Waals surface area contributed by atoms with E-state index in [0.717, 1.165) is 16.1 Å². The third kappa shape index (κ3) is 7.73. The Morgan fingerprint density at radius 3 is 2.50 bits per heavy atom. The zero-order valence-corrected chi connectivity index (χ0v) is 21.8. The van der Waals surface area contributed by atoms with Crippen LogP contribution in [-0.4, -0.2) is 39.9 Å². The quantitative estimate of drug-likeness (QED) is 0.290. The van der Waals surface area contributed by atoms with Gasteiger partial charge < -0.3 is 9.47 Å². The first-order chi connectivity index (χ1) is 17.2. The molecule has 8 nitrogen and oxygen atoms in total. The Hall–Kier alpha value is -3.56. The van der Waals surface area contributed by atoms with Crippen LogP contribution in [0.25, 0.3) is 0 Å². The van der Waals surface area contributed by atoms with Gasteiger partial charge in [0.05, 0.1) is 24.8 Å². The minimum atomic E-state index is -3.74. The van der Waals surface area contributed by atoms with E-state index in [1.165, 1.54) is 12.3 Å². The van der Waals surface area contributed by atoms with Gasteiger partial charge in [-0.3, -0.25) is 9.10 Å². The first-order valence-corrected chi connectivity index (χ1v) is 13.4. The van der Waals surface area contributed by atoms with Gasteiger partial charge in [-0.1, -0.05) is 48.0 Å². The summed E-state index contributed by atoms with van der Waals surface area (Å²) in [5.74, 6) is 0.523. The predicted molar refractivity (Wildman–Crippen MR) is 143 cm³/mol. The van der Waals surface area contributed by atoms with Crippen LogP contribution in [0.1, 0.15) is 23.6 Å². The van der Waals surface area contributed by atoms with E-state index in [1.807, 2.05) is 37.3 Å². The Bertz CT molecular complexity index is 1330. The molecule has 3 rings (SSSR count). The monoisotopic (exact) mass is 529 g/mol. The molecule has 0 bridgehead atoms. The molecule has 3 aromatic carbocycles. The lowest BCUT2D eigenvalue weighted by molar-refractivity contribution is -0.119. The van der Waals surface area contributed by atoms with E-state index in [4.69, 9.17) is 21.1 Å². The summed E-state index contributed by atoms with van der Waals surface area (Å²) < 4.78 is 37.3. The van der Waals surface area contributed by atoms with Gasteiger partial charge in [0.15, 0.2) is 11.5 Å². The number of nitrogens with zero attached hydrogens (tertiary/aromatic N) is 2. The van der Waals surface area contributed by atoms with Gasteiger partial charge in [0.25, 0.3) is 5.91 Å². The molecule has 0 aromatic heterocycles. The lowest BCUT2D eigenvalue weighted by Gasteiger charge is -2.23. The average Bonchev–Trinajstić information content (AvgIpc) is 2.84. The molecule has 1 amide bonds. The van der Waals surface area contributed by atoms with Crippen molar-refractivity contribution in [2.24, 2.45) is 5.10 Å². The highest BCUT2D eigenvalue weighted by Crippen LogP contribution is 2.29. The number of benzene rings is 3. The predicted octanol–water partition coefficient (Wildman–Crippen LogP) is 4.54. The molecule has 3 aromatic rings. The summed E-state index contributed by atoms with van der Waals surface area (Å²) in [4.78, 5) is 12.5. The van der Waals surface area contributed by atoms with Crippen molar-refractivity contribution in [2.45, 2.75) is 20.5 Å². The Morgan fingerprint density at radius 2 is 1.81 bits per heavy atom. The Balaban J connectivity index is 1.67. The smallest absolute Gasteiger partial charge is 0.260 e. The number of carbonyl (C=O) groups is 1. The Kier molecular flexibility index (Phi) is 9.32.